The molecule has 6 nitrogen and oxygen atoms in total. The van der Waals surface area contributed by atoms with Crippen LogP contribution in [0.25, 0.3) is 16.9 Å². The van der Waals surface area contributed by atoms with E-state index >= 15 is 0 Å². The topological polar surface area (TPSA) is 59.4 Å². The summed E-state index contributed by atoms with van der Waals surface area (Å²) in [5.74, 6) is 0.946. The smallest absolute Gasteiger partial charge is 0.227 e. The number of carbonyl (C=O) groups excluding carboxylic acids is 1. The molecule has 0 radical (unpaired) electrons. The van der Waals surface area contributed by atoms with E-state index in [0.29, 0.717) is 6.42 Å². The number of carbonyl (C=O) groups is 1. The lowest BCUT2D eigenvalue weighted by molar-refractivity contribution is -0.130. The van der Waals surface area contributed by atoms with E-state index in [1.54, 1.807) is 7.11 Å². The molecule has 2 aromatic carbocycles. The van der Waals surface area contributed by atoms with Crippen LogP contribution in [0.15, 0.2) is 60.8 Å². The number of rotatable bonds is 5. The van der Waals surface area contributed by atoms with Crippen molar-refractivity contribution in [2.24, 2.45) is 0 Å². The highest BCUT2D eigenvalue weighted by atomic mass is 16.5. The molecule has 2 heterocycles. The largest absolute Gasteiger partial charge is 0.497 e. The number of ether oxygens (including phenoxy) is 1. The minimum Gasteiger partial charge on any atom is -0.497 e. The zero-order valence-electron chi connectivity index (χ0n) is 16.7. The van der Waals surface area contributed by atoms with E-state index in [0.717, 1.165) is 60.9 Å². The molecule has 4 rings (SSSR count). The molecule has 1 N–H and O–H groups in total. The Kier molecular flexibility index (Phi) is 5.91. The van der Waals surface area contributed by atoms with E-state index in [2.05, 4.69) is 5.32 Å². The summed E-state index contributed by atoms with van der Waals surface area (Å²) in [7, 11) is 1.65. The van der Waals surface area contributed by atoms with Crippen LogP contribution in [-0.2, 0) is 11.2 Å². The predicted molar refractivity (Wildman–Crippen MR) is 113 cm³/mol. The summed E-state index contributed by atoms with van der Waals surface area (Å²) in [5.41, 5.74) is 3.71. The van der Waals surface area contributed by atoms with Gasteiger partial charge in [-0.25, -0.2) is 4.68 Å². The molecule has 1 aliphatic heterocycles. The molecule has 0 saturated carbocycles. The van der Waals surface area contributed by atoms with E-state index in [-0.39, 0.29) is 5.91 Å². The van der Waals surface area contributed by atoms with Crippen molar-refractivity contribution in [3.05, 3.63) is 66.4 Å². The van der Waals surface area contributed by atoms with Crippen molar-refractivity contribution in [1.29, 1.82) is 0 Å². The van der Waals surface area contributed by atoms with Gasteiger partial charge in [0.25, 0.3) is 0 Å². The maximum Gasteiger partial charge on any atom is 0.227 e. The average Bonchev–Trinajstić information content (AvgIpc) is 2.99. The lowest BCUT2D eigenvalue weighted by Gasteiger charge is -2.19. The van der Waals surface area contributed by atoms with E-state index in [1.807, 2.05) is 70.4 Å². The second-order valence-electron chi connectivity index (χ2n) is 7.17. The van der Waals surface area contributed by atoms with Crippen LogP contribution in [0.5, 0.6) is 5.75 Å². The van der Waals surface area contributed by atoms with Crippen LogP contribution in [0.2, 0.25) is 0 Å². The molecule has 1 fully saturated rings. The molecule has 0 atom stereocenters. The van der Waals surface area contributed by atoms with E-state index in [1.165, 1.54) is 0 Å². The lowest BCUT2D eigenvalue weighted by atomic mass is 10.1. The molecule has 150 valence electrons. The summed E-state index contributed by atoms with van der Waals surface area (Å²) in [6.45, 7) is 3.37. The molecular weight excluding hydrogens is 364 g/mol. The van der Waals surface area contributed by atoms with Crippen LogP contribution in [0.4, 0.5) is 0 Å². The maximum atomic E-state index is 13.0. The molecule has 0 bridgehead atoms. The molecule has 0 unspecified atom stereocenters. The van der Waals surface area contributed by atoms with Gasteiger partial charge in [-0.3, -0.25) is 4.79 Å². The highest BCUT2D eigenvalue weighted by Crippen LogP contribution is 2.26. The Bertz CT molecular complexity index is 943. The zero-order chi connectivity index (χ0) is 20.1. The normalized spacial score (nSPS) is 14.4. The maximum absolute atomic E-state index is 13.0. The standard InChI is InChI=1S/C23H26N4O2/c1-29-21-10-8-18(9-11-21)23-19(16-22(28)26-14-5-12-24-13-15-26)17-27(25-23)20-6-3-2-4-7-20/h2-4,6-11,17,24H,5,12-16H2,1H3. The first kappa shape index (κ1) is 19.2. The molecule has 0 aliphatic carbocycles. The van der Waals surface area contributed by atoms with Crippen LogP contribution >= 0.6 is 0 Å². The summed E-state index contributed by atoms with van der Waals surface area (Å²) >= 11 is 0. The molecule has 29 heavy (non-hydrogen) atoms. The molecule has 0 spiro atoms. The number of methoxy groups -OCH3 is 1. The first-order valence-electron chi connectivity index (χ1n) is 10.0. The molecular formula is C23H26N4O2. The third-order valence-electron chi connectivity index (χ3n) is 5.21. The van der Waals surface area contributed by atoms with Crippen LogP contribution in [0.1, 0.15) is 12.0 Å². The van der Waals surface area contributed by atoms with Crippen molar-refractivity contribution in [1.82, 2.24) is 20.0 Å². The van der Waals surface area contributed by atoms with E-state index in [9.17, 15) is 4.79 Å². The van der Waals surface area contributed by atoms with Gasteiger partial charge in [0.2, 0.25) is 5.91 Å². The van der Waals surface area contributed by atoms with Gasteiger partial charge in [0.05, 0.1) is 24.9 Å². The SMILES string of the molecule is COc1ccc(-c2nn(-c3ccccc3)cc2CC(=O)N2CCCNCC2)cc1. The summed E-state index contributed by atoms with van der Waals surface area (Å²) in [5, 5.41) is 8.16. The summed E-state index contributed by atoms with van der Waals surface area (Å²) < 4.78 is 7.13. The number of para-hydroxylation sites is 1. The third kappa shape index (κ3) is 4.49. The number of benzene rings is 2. The second-order valence-corrected chi connectivity index (χ2v) is 7.17. The monoisotopic (exact) mass is 390 g/mol. The fourth-order valence-corrected chi connectivity index (χ4v) is 3.61. The Morgan fingerprint density at radius 2 is 1.86 bits per heavy atom. The Labute approximate surface area is 171 Å². The van der Waals surface area contributed by atoms with Crippen LogP contribution < -0.4 is 10.1 Å². The number of hydrogen-bond acceptors (Lipinski definition) is 4. The Balaban J connectivity index is 1.66. The minimum absolute atomic E-state index is 0.149. The molecule has 1 saturated heterocycles. The van der Waals surface area contributed by atoms with Crippen molar-refractivity contribution in [2.45, 2.75) is 12.8 Å². The van der Waals surface area contributed by atoms with Crippen molar-refractivity contribution >= 4 is 5.91 Å². The summed E-state index contributed by atoms with van der Waals surface area (Å²) in [6, 6.07) is 17.8. The first-order valence-corrected chi connectivity index (χ1v) is 10.0. The molecule has 3 aromatic rings. The highest BCUT2D eigenvalue weighted by molar-refractivity contribution is 5.81. The van der Waals surface area contributed by atoms with Gasteiger partial charge in [-0.1, -0.05) is 18.2 Å². The number of aromatic nitrogens is 2. The van der Waals surface area contributed by atoms with E-state index < -0.39 is 0 Å². The van der Waals surface area contributed by atoms with Crippen molar-refractivity contribution in [3.63, 3.8) is 0 Å². The third-order valence-corrected chi connectivity index (χ3v) is 5.21. The lowest BCUT2D eigenvalue weighted by Crippen LogP contribution is -2.35. The molecule has 1 amide bonds. The Morgan fingerprint density at radius 1 is 1.07 bits per heavy atom. The van der Waals surface area contributed by atoms with Gasteiger partial charge in [0.15, 0.2) is 0 Å². The van der Waals surface area contributed by atoms with Gasteiger partial charge in [0.1, 0.15) is 5.75 Å². The van der Waals surface area contributed by atoms with Crippen molar-refractivity contribution in [3.8, 4) is 22.7 Å². The Hall–Kier alpha value is -3.12. The van der Waals surface area contributed by atoms with Gasteiger partial charge in [-0.2, -0.15) is 5.10 Å². The first-order chi connectivity index (χ1) is 14.2. The quantitative estimate of drug-likeness (QED) is 0.728. The number of nitrogens with one attached hydrogen (secondary N) is 1. The highest BCUT2D eigenvalue weighted by Gasteiger charge is 2.20. The summed E-state index contributed by atoms with van der Waals surface area (Å²) in [6.07, 6.45) is 3.30. The fraction of sp³-hybridized carbons (Fsp3) is 0.304. The van der Waals surface area contributed by atoms with Crippen LogP contribution in [0.3, 0.4) is 0 Å². The van der Waals surface area contributed by atoms with Crippen LogP contribution in [-0.4, -0.2) is 53.9 Å². The average molecular weight is 390 g/mol. The molecule has 1 aliphatic rings. The number of nitrogens with zero attached hydrogens (tertiary/aromatic N) is 3. The minimum atomic E-state index is 0.149. The van der Waals surface area contributed by atoms with Crippen molar-refractivity contribution < 1.29 is 9.53 Å². The van der Waals surface area contributed by atoms with E-state index in [4.69, 9.17) is 9.84 Å². The van der Waals surface area contributed by atoms with Crippen LogP contribution in [0, 0.1) is 0 Å². The van der Waals surface area contributed by atoms with Gasteiger partial charge >= 0.3 is 0 Å². The summed E-state index contributed by atoms with van der Waals surface area (Å²) in [4.78, 5) is 14.9. The number of hydrogen-bond donors (Lipinski definition) is 1. The van der Waals surface area contributed by atoms with Gasteiger partial charge < -0.3 is 15.0 Å². The molecule has 1 aromatic heterocycles. The molecule has 6 heteroatoms. The second kappa shape index (κ2) is 8.92. The predicted octanol–water partition coefficient (Wildman–Crippen LogP) is 2.91. The zero-order valence-corrected chi connectivity index (χ0v) is 16.7. The Morgan fingerprint density at radius 3 is 2.62 bits per heavy atom. The van der Waals surface area contributed by atoms with Gasteiger partial charge in [-0.05, 0) is 49.4 Å². The van der Waals surface area contributed by atoms with Gasteiger partial charge in [0, 0.05) is 37.0 Å². The number of amides is 1. The van der Waals surface area contributed by atoms with Crippen molar-refractivity contribution in [2.75, 3.05) is 33.3 Å². The fourth-order valence-electron chi connectivity index (χ4n) is 3.61. The van der Waals surface area contributed by atoms with Gasteiger partial charge in [-0.15, -0.1) is 0 Å².